The number of nitrogens with one attached hydrogen (secondary N) is 1. The molecule has 3 atom stereocenters. The van der Waals surface area contributed by atoms with Crippen LogP contribution in [0.1, 0.15) is 51.6 Å². The molecule has 0 aliphatic carbocycles. The molecule has 0 aromatic heterocycles. The summed E-state index contributed by atoms with van der Waals surface area (Å²) in [7, 11) is 0. The number of benzene rings is 1. The van der Waals surface area contributed by atoms with E-state index in [0.29, 0.717) is 5.02 Å². The molecule has 1 aromatic rings. The molecule has 1 aromatic carbocycles. The first-order valence-corrected chi connectivity index (χ1v) is 7.59. The van der Waals surface area contributed by atoms with Crippen LogP contribution < -0.4 is 11.1 Å². The van der Waals surface area contributed by atoms with Gasteiger partial charge >= 0.3 is 0 Å². The summed E-state index contributed by atoms with van der Waals surface area (Å²) in [5, 5.41) is 3.72. The second-order valence-corrected chi connectivity index (χ2v) is 6.03. The van der Waals surface area contributed by atoms with Crippen molar-refractivity contribution in [1.29, 1.82) is 0 Å². The van der Waals surface area contributed by atoms with Gasteiger partial charge in [0, 0.05) is 17.0 Å². The van der Waals surface area contributed by atoms with Crippen molar-refractivity contribution in [2.45, 2.75) is 52.1 Å². The number of hydrogen-bond acceptors (Lipinski definition) is 2. The molecule has 0 aliphatic rings. The minimum atomic E-state index is -0.0305. The zero-order valence-electron chi connectivity index (χ0n) is 12.5. The van der Waals surface area contributed by atoms with Crippen molar-refractivity contribution in [2.75, 3.05) is 0 Å². The summed E-state index contributed by atoms with van der Waals surface area (Å²) in [6.45, 7) is 5.92. The van der Waals surface area contributed by atoms with Crippen LogP contribution in [0, 0.1) is 5.92 Å². The number of halogens is 1. The Kier molecular flexibility index (Phi) is 7.03. The lowest BCUT2D eigenvalue weighted by molar-refractivity contribution is -0.125. The quantitative estimate of drug-likeness (QED) is 0.806. The van der Waals surface area contributed by atoms with Crippen LogP contribution in [0.5, 0.6) is 0 Å². The Morgan fingerprint density at radius 1 is 1.30 bits per heavy atom. The number of rotatable bonds is 7. The van der Waals surface area contributed by atoms with Gasteiger partial charge in [0.05, 0.1) is 6.04 Å². The lowest BCUT2D eigenvalue weighted by Crippen LogP contribution is -2.31. The maximum atomic E-state index is 12.1. The van der Waals surface area contributed by atoms with Gasteiger partial charge in [-0.25, -0.2) is 0 Å². The average Bonchev–Trinajstić information content (AvgIpc) is 2.38. The van der Waals surface area contributed by atoms with Crippen LogP contribution in [0.25, 0.3) is 0 Å². The van der Waals surface area contributed by atoms with Crippen LogP contribution in [-0.4, -0.2) is 11.9 Å². The number of nitrogens with two attached hydrogens (primary N) is 1. The first-order chi connectivity index (χ1) is 9.40. The molecule has 20 heavy (non-hydrogen) atoms. The Morgan fingerprint density at radius 3 is 2.60 bits per heavy atom. The number of amides is 1. The van der Waals surface area contributed by atoms with E-state index in [4.69, 9.17) is 17.3 Å². The van der Waals surface area contributed by atoms with Gasteiger partial charge in [0.15, 0.2) is 0 Å². The zero-order valence-corrected chi connectivity index (χ0v) is 13.3. The molecule has 0 radical (unpaired) electrons. The van der Waals surface area contributed by atoms with Gasteiger partial charge in [-0.15, -0.1) is 0 Å². The topological polar surface area (TPSA) is 55.1 Å². The van der Waals surface area contributed by atoms with Gasteiger partial charge in [-0.2, -0.15) is 0 Å². The molecule has 0 saturated heterocycles. The summed E-state index contributed by atoms with van der Waals surface area (Å²) >= 11 is 5.96. The molecule has 0 heterocycles. The fraction of sp³-hybridized carbons (Fsp3) is 0.562. The monoisotopic (exact) mass is 296 g/mol. The fourth-order valence-electron chi connectivity index (χ4n) is 2.09. The van der Waals surface area contributed by atoms with Gasteiger partial charge in [-0.1, -0.05) is 37.1 Å². The van der Waals surface area contributed by atoms with Gasteiger partial charge in [0.1, 0.15) is 0 Å². The molecule has 112 valence electrons. The molecule has 1 rings (SSSR count). The summed E-state index contributed by atoms with van der Waals surface area (Å²) in [5.41, 5.74) is 6.73. The summed E-state index contributed by atoms with van der Waals surface area (Å²) < 4.78 is 0. The number of carbonyl (C=O) groups is 1. The highest BCUT2D eigenvalue weighted by Crippen LogP contribution is 2.18. The Bertz CT molecular complexity index is 434. The highest BCUT2D eigenvalue weighted by atomic mass is 35.5. The zero-order chi connectivity index (χ0) is 15.1. The van der Waals surface area contributed by atoms with E-state index >= 15 is 0 Å². The van der Waals surface area contributed by atoms with Crippen LogP contribution >= 0.6 is 11.6 Å². The molecular weight excluding hydrogens is 272 g/mol. The average molecular weight is 297 g/mol. The van der Waals surface area contributed by atoms with Gasteiger partial charge < -0.3 is 11.1 Å². The third-order valence-electron chi connectivity index (χ3n) is 3.45. The van der Waals surface area contributed by atoms with Gasteiger partial charge in [0.25, 0.3) is 0 Å². The van der Waals surface area contributed by atoms with Crippen LogP contribution in [0.15, 0.2) is 24.3 Å². The molecule has 0 aliphatic heterocycles. The third kappa shape index (κ3) is 5.93. The van der Waals surface area contributed by atoms with Crippen molar-refractivity contribution in [3.63, 3.8) is 0 Å². The minimum absolute atomic E-state index is 0.00961. The highest BCUT2D eigenvalue weighted by Gasteiger charge is 2.16. The van der Waals surface area contributed by atoms with Crippen LogP contribution in [-0.2, 0) is 4.79 Å². The summed E-state index contributed by atoms with van der Waals surface area (Å²) in [6, 6.07) is 7.75. The molecule has 1 amide bonds. The van der Waals surface area contributed by atoms with Crippen molar-refractivity contribution in [1.82, 2.24) is 5.32 Å². The van der Waals surface area contributed by atoms with E-state index in [2.05, 4.69) is 5.32 Å². The Hall–Kier alpha value is -1.06. The molecule has 3 unspecified atom stereocenters. The summed E-state index contributed by atoms with van der Waals surface area (Å²) in [6.07, 6.45) is 2.81. The molecule has 0 saturated carbocycles. The van der Waals surface area contributed by atoms with E-state index in [1.807, 2.05) is 45.0 Å². The van der Waals surface area contributed by atoms with Crippen molar-refractivity contribution in [3.05, 3.63) is 34.9 Å². The molecule has 0 fully saturated rings. The fourth-order valence-corrected chi connectivity index (χ4v) is 2.29. The summed E-state index contributed by atoms with van der Waals surface area (Å²) in [4.78, 5) is 12.1. The lowest BCUT2D eigenvalue weighted by Gasteiger charge is -2.18. The number of carbonyl (C=O) groups excluding carboxylic acids is 1. The van der Waals surface area contributed by atoms with E-state index in [9.17, 15) is 4.79 Å². The largest absolute Gasteiger partial charge is 0.349 e. The van der Waals surface area contributed by atoms with Crippen molar-refractivity contribution in [2.24, 2.45) is 11.7 Å². The first-order valence-electron chi connectivity index (χ1n) is 7.21. The van der Waals surface area contributed by atoms with Crippen molar-refractivity contribution >= 4 is 17.5 Å². The maximum Gasteiger partial charge on any atom is 0.223 e. The van der Waals surface area contributed by atoms with Gasteiger partial charge in [-0.05, 0) is 44.4 Å². The normalized spacial score (nSPS) is 15.4. The minimum Gasteiger partial charge on any atom is -0.349 e. The Morgan fingerprint density at radius 2 is 2.00 bits per heavy atom. The van der Waals surface area contributed by atoms with Crippen LogP contribution in [0.3, 0.4) is 0 Å². The third-order valence-corrected chi connectivity index (χ3v) is 3.69. The predicted molar refractivity (Wildman–Crippen MR) is 84.7 cm³/mol. The van der Waals surface area contributed by atoms with Crippen molar-refractivity contribution in [3.8, 4) is 0 Å². The maximum absolute atomic E-state index is 12.1. The summed E-state index contributed by atoms with van der Waals surface area (Å²) in [5.74, 6) is 0.0949. The second kappa shape index (κ2) is 8.28. The molecule has 0 spiro atoms. The lowest BCUT2D eigenvalue weighted by atomic mass is 10.0. The van der Waals surface area contributed by atoms with Gasteiger partial charge in [0.2, 0.25) is 5.91 Å². The Balaban J connectivity index is 2.44. The van der Waals surface area contributed by atoms with Crippen LogP contribution in [0.2, 0.25) is 5.02 Å². The van der Waals surface area contributed by atoms with E-state index in [1.54, 1.807) is 0 Å². The molecule has 3 nitrogen and oxygen atoms in total. The van der Waals surface area contributed by atoms with E-state index in [-0.39, 0.29) is 23.9 Å². The van der Waals surface area contributed by atoms with Gasteiger partial charge in [-0.3, -0.25) is 4.79 Å². The van der Waals surface area contributed by atoms with Crippen molar-refractivity contribution < 1.29 is 4.79 Å². The highest BCUT2D eigenvalue weighted by molar-refractivity contribution is 6.30. The smallest absolute Gasteiger partial charge is 0.223 e. The molecule has 3 N–H and O–H groups in total. The predicted octanol–water partition coefficient (Wildman–Crippen LogP) is 3.67. The second-order valence-electron chi connectivity index (χ2n) is 5.59. The first kappa shape index (κ1) is 17.0. The van der Waals surface area contributed by atoms with E-state index in [0.717, 1.165) is 24.8 Å². The molecule has 4 heteroatoms. The van der Waals surface area contributed by atoms with E-state index in [1.165, 1.54) is 0 Å². The molecule has 0 bridgehead atoms. The van der Waals surface area contributed by atoms with Crippen LogP contribution in [0.4, 0.5) is 0 Å². The number of hydrogen-bond donors (Lipinski definition) is 2. The SMILES string of the molecule is CC(N)CCCC(C)C(=O)NC(C)c1cccc(Cl)c1. The molecular formula is C16H25ClN2O. The standard InChI is InChI=1S/C16H25ClN2O/c1-11(6-4-7-12(2)18)16(20)19-13(3)14-8-5-9-15(17)10-14/h5,8-13H,4,6-7,18H2,1-3H3,(H,19,20). The van der Waals surface area contributed by atoms with E-state index < -0.39 is 0 Å². The Labute approximate surface area is 126 Å².